The fraction of sp³-hybridized carbons (Fsp3) is 0.133. The van der Waals surface area contributed by atoms with Gasteiger partial charge >= 0.3 is 0 Å². The van der Waals surface area contributed by atoms with E-state index in [2.05, 4.69) is 0 Å². The molecule has 0 radical (unpaired) electrons. The Balaban J connectivity index is 2.10. The minimum atomic E-state index is -3.39. The third kappa shape index (κ3) is 4.14. The van der Waals surface area contributed by atoms with Crippen LogP contribution in [0, 0.1) is 21.4 Å². The van der Waals surface area contributed by atoms with E-state index in [0.717, 1.165) is 0 Å². The highest BCUT2D eigenvalue weighted by molar-refractivity contribution is 7.89. The van der Waals surface area contributed by atoms with Crippen molar-refractivity contribution in [1.29, 1.82) is 5.26 Å². The third-order valence-corrected chi connectivity index (χ3v) is 4.55. The van der Waals surface area contributed by atoms with Crippen molar-refractivity contribution < 1.29 is 13.3 Å². The molecule has 2 rings (SSSR count). The number of hydrogen-bond donors (Lipinski definition) is 0. The Morgan fingerprint density at radius 1 is 0.955 bits per heavy atom. The molecule has 0 heterocycles. The van der Waals surface area contributed by atoms with E-state index in [1.165, 1.54) is 24.3 Å². The molecule has 7 heteroatoms. The average molecular weight is 316 g/mol. The molecule has 112 valence electrons. The number of nitrogens with zero attached hydrogens (tertiary/aromatic N) is 2. The lowest BCUT2D eigenvalue weighted by Gasteiger charge is -2.05. The van der Waals surface area contributed by atoms with Crippen LogP contribution in [0.3, 0.4) is 0 Å². The first-order valence-electron chi connectivity index (χ1n) is 6.32. The van der Waals surface area contributed by atoms with Crippen LogP contribution in [0.15, 0.2) is 48.5 Å². The molecule has 0 bridgehead atoms. The number of benzene rings is 2. The van der Waals surface area contributed by atoms with Gasteiger partial charge in [0.15, 0.2) is 9.84 Å². The quantitative estimate of drug-likeness (QED) is 0.623. The van der Waals surface area contributed by atoms with Gasteiger partial charge < -0.3 is 0 Å². The summed E-state index contributed by atoms with van der Waals surface area (Å²) in [4.78, 5) is 10.0. The maximum Gasteiger partial charge on any atom is 0.269 e. The third-order valence-electron chi connectivity index (χ3n) is 3.00. The first-order valence-corrected chi connectivity index (χ1v) is 8.14. The van der Waals surface area contributed by atoms with Crippen LogP contribution in [0.5, 0.6) is 0 Å². The van der Waals surface area contributed by atoms with Gasteiger partial charge in [-0.1, -0.05) is 24.3 Å². The lowest BCUT2D eigenvalue weighted by Crippen LogP contribution is -2.07. The molecule has 2 aromatic rings. The zero-order valence-electron chi connectivity index (χ0n) is 11.5. The summed E-state index contributed by atoms with van der Waals surface area (Å²) in [5.74, 6) is -0.333. The topological polar surface area (TPSA) is 101 Å². The minimum absolute atomic E-state index is 0.0757. The van der Waals surface area contributed by atoms with Crippen LogP contribution in [0.2, 0.25) is 0 Å². The van der Waals surface area contributed by atoms with Crippen LogP contribution in [0.25, 0.3) is 0 Å². The molecule has 0 spiro atoms. The van der Waals surface area contributed by atoms with Crippen LogP contribution in [-0.2, 0) is 21.3 Å². The lowest BCUT2D eigenvalue weighted by atomic mass is 10.2. The smallest absolute Gasteiger partial charge is 0.258 e. The largest absolute Gasteiger partial charge is 0.269 e. The predicted molar refractivity (Wildman–Crippen MR) is 80.6 cm³/mol. The molecule has 0 aliphatic rings. The highest BCUT2D eigenvalue weighted by Gasteiger charge is 2.14. The van der Waals surface area contributed by atoms with Gasteiger partial charge in [-0.05, 0) is 23.3 Å². The fourth-order valence-electron chi connectivity index (χ4n) is 1.95. The molecule has 0 atom stereocenters. The predicted octanol–water partition coefficient (Wildman–Crippen LogP) is 2.58. The lowest BCUT2D eigenvalue weighted by molar-refractivity contribution is -0.384. The van der Waals surface area contributed by atoms with Gasteiger partial charge in [0.05, 0.1) is 28.1 Å². The first-order chi connectivity index (χ1) is 10.4. The number of nitriles is 1. The molecule has 0 N–H and O–H groups in total. The van der Waals surface area contributed by atoms with Gasteiger partial charge in [-0.2, -0.15) is 5.26 Å². The van der Waals surface area contributed by atoms with Gasteiger partial charge in [0.25, 0.3) is 5.69 Å². The SMILES string of the molecule is N#Cc1ccc(CS(=O)(=O)Cc2ccc([N+](=O)[O-])cc2)cc1. The number of rotatable bonds is 5. The van der Waals surface area contributed by atoms with Gasteiger partial charge in [-0.3, -0.25) is 10.1 Å². The van der Waals surface area contributed by atoms with Crippen molar-refractivity contribution in [1.82, 2.24) is 0 Å². The van der Waals surface area contributed by atoms with Crippen LogP contribution in [-0.4, -0.2) is 13.3 Å². The molecule has 22 heavy (non-hydrogen) atoms. The molecule has 0 aromatic heterocycles. The molecule has 0 saturated carbocycles. The summed E-state index contributed by atoms with van der Waals surface area (Å²) in [6.45, 7) is 0. The second-order valence-corrected chi connectivity index (χ2v) is 6.83. The summed E-state index contributed by atoms with van der Waals surface area (Å²) >= 11 is 0. The van der Waals surface area contributed by atoms with Crippen molar-refractivity contribution in [3.8, 4) is 6.07 Å². The standard InChI is InChI=1S/C15H12N2O4S/c16-9-12-1-3-13(4-2-12)10-22(20,21)11-14-5-7-15(8-6-14)17(18)19/h1-8H,10-11H2. The number of nitro groups is 1. The highest BCUT2D eigenvalue weighted by atomic mass is 32.2. The maximum atomic E-state index is 12.1. The van der Waals surface area contributed by atoms with E-state index in [0.29, 0.717) is 16.7 Å². The maximum absolute atomic E-state index is 12.1. The van der Waals surface area contributed by atoms with Crippen molar-refractivity contribution in [3.05, 3.63) is 75.3 Å². The molecule has 0 saturated heterocycles. The van der Waals surface area contributed by atoms with Crippen molar-refractivity contribution in [3.63, 3.8) is 0 Å². The second-order valence-electron chi connectivity index (χ2n) is 4.76. The van der Waals surface area contributed by atoms with Gasteiger partial charge in [0, 0.05) is 12.1 Å². The fourth-order valence-corrected chi connectivity index (χ4v) is 3.45. The summed E-state index contributed by atoms with van der Waals surface area (Å²) in [5.41, 5.74) is 1.49. The number of sulfone groups is 1. The molecule has 0 fully saturated rings. The number of nitro benzene ring substituents is 1. The molecule has 0 unspecified atom stereocenters. The van der Waals surface area contributed by atoms with Crippen LogP contribution < -0.4 is 0 Å². The van der Waals surface area contributed by atoms with E-state index in [-0.39, 0.29) is 17.2 Å². The summed E-state index contributed by atoms with van der Waals surface area (Å²) in [6.07, 6.45) is 0. The minimum Gasteiger partial charge on any atom is -0.258 e. The Morgan fingerprint density at radius 2 is 1.41 bits per heavy atom. The van der Waals surface area contributed by atoms with Crippen LogP contribution in [0.4, 0.5) is 5.69 Å². The van der Waals surface area contributed by atoms with E-state index < -0.39 is 14.8 Å². The zero-order valence-corrected chi connectivity index (χ0v) is 12.3. The van der Waals surface area contributed by atoms with E-state index >= 15 is 0 Å². The normalized spacial score (nSPS) is 10.9. The highest BCUT2D eigenvalue weighted by Crippen LogP contribution is 2.16. The molecular formula is C15H12N2O4S. The van der Waals surface area contributed by atoms with Crippen molar-refractivity contribution in [2.75, 3.05) is 0 Å². The Bertz CT molecular complexity index is 819. The average Bonchev–Trinajstić information content (AvgIpc) is 2.47. The van der Waals surface area contributed by atoms with E-state index in [9.17, 15) is 18.5 Å². The Kier molecular flexibility index (Phi) is 4.53. The second kappa shape index (κ2) is 6.37. The molecular weight excluding hydrogens is 304 g/mol. The van der Waals surface area contributed by atoms with Crippen molar-refractivity contribution >= 4 is 15.5 Å². The molecule has 2 aromatic carbocycles. The molecule has 6 nitrogen and oxygen atoms in total. The monoisotopic (exact) mass is 316 g/mol. The van der Waals surface area contributed by atoms with Crippen LogP contribution >= 0.6 is 0 Å². The van der Waals surface area contributed by atoms with Gasteiger partial charge in [-0.15, -0.1) is 0 Å². The van der Waals surface area contributed by atoms with Crippen molar-refractivity contribution in [2.45, 2.75) is 11.5 Å². The summed E-state index contributed by atoms with van der Waals surface area (Å²) in [6, 6.07) is 13.8. The molecule has 0 amide bonds. The number of non-ortho nitro benzene ring substituents is 1. The van der Waals surface area contributed by atoms with Crippen LogP contribution in [0.1, 0.15) is 16.7 Å². The summed E-state index contributed by atoms with van der Waals surface area (Å²) in [5, 5.41) is 19.3. The zero-order chi connectivity index (χ0) is 16.2. The van der Waals surface area contributed by atoms with Gasteiger partial charge in [-0.25, -0.2) is 8.42 Å². The number of hydrogen-bond acceptors (Lipinski definition) is 5. The van der Waals surface area contributed by atoms with Gasteiger partial charge in [0.1, 0.15) is 0 Å². The summed E-state index contributed by atoms with van der Waals surface area (Å²) < 4.78 is 24.3. The molecule has 0 aliphatic carbocycles. The Morgan fingerprint density at radius 3 is 1.82 bits per heavy atom. The van der Waals surface area contributed by atoms with Gasteiger partial charge in [0.2, 0.25) is 0 Å². The molecule has 0 aliphatic heterocycles. The van der Waals surface area contributed by atoms with E-state index in [4.69, 9.17) is 5.26 Å². The summed E-state index contributed by atoms with van der Waals surface area (Å²) in [7, 11) is -3.39. The van der Waals surface area contributed by atoms with Crippen molar-refractivity contribution in [2.24, 2.45) is 0 Å². The first kappa shape index (κ1) is 15.7. The van der Waals surface area contributed by atoms with E-state index in [1.807, 2.05) is 6.07 Å². The van der Waals surface area contributed by atoms with E-state index in [1.54, 1.807) is 24.3 Å². The Hall–Kier alpha value is -2.72. The Labute approximate surface area is 127 Å².